The Balaban J connectivity index is 0.000000234. The molecular weight excluding hydrogens is 1420 g/mol. The minimum atomic E-state index is -1.92. The van der Waals surface area contributed by atoms with Gasteiger partial charge in [-0.25, -0.2) is 0 Å². The molecule has 97 heavy (non-hydrogen) atoms. The predicted molar refractivity (Wildman–Crippen MR) is 440 cm³/mol. The maximum absolute atomic E-state index is 2.49. The van der Waals surface area contributed by atoms with Gasteiger partial charge < -0.3 is 0 Å². The first-order valence-electron chi connectivity index (χ1n) is 36.8. The van der Waals surface area contributed by atoms with E-state index in [2.05, 4.69) is 383 Å². The third kappa shape index (κ3) is 21.8. The molecule has 0 spiro atoms. The molecule has 4 nitrogen and oxygen atoms in total. The molecule has 0 aliphatic carbocycles. The Kier molecular flexibility index (Phi) is 28.1. The van der Waals surface area contributed by atoms with Gasteiger partial charge in [-0.1, -0.05) is 0 Å². The number of hydrogen-bond acceptors (Lipinski definition) is 0. The monoisotopic (exact) mass is 1560 g/mol. The molecular formula is C89H138Ge4N4+4. The number of benzene rings is 4. The summed E-state index contributed by atoms with van der Waals surface area (Å²) >= 11 is -7.59. The molecule has 0 amide bonds. The molecule has 0 unspecified atom stereocenters. The van der Waals surface area contributed by atoms with Crippen LogP contribution < -0.4 is 35.9 Å². The summed E-state index contributed by atoms with van der Waals surface area (Å²) in [5, 5.41) is 0. The van der Waals surface area contributed by atoms with Gasteiger partial charge in [0.05, 0.1) is 0 Å². The summed E-state index contributed by atoms with van der Waals surface area (Å²) in [6, 6.07) is 37.5. The summed E-state index contributed by atoms with van der Waals surface area (Å²) in [5.41, 5.74) is 28.3. The number of hydrogen-bond donors (Lipinski definition) is 0. The second-order valence-electron chi connectivity index (χ2n) is 36.8. The Morgan fingerprint density at radius 2 is 0.680 bits per heavy atom. The van der Waals surface area contributed by atoms with Gasteiger partial charge in [0.1, 0.15) is 0 Å². The molecule has 8 heteroatoms. The van der Waals surface area contributed by atoms with E-state index in [4.69, 9.17) is 0 Å². The molecule has 8 rings (SSSR count). The van der Waals surface area contributed by atoms with Crippen LogP contribution in [0.5, 0.6) is 0 Å². The fourth-order valence-electron chi connectivity index (χ4n) is 13.6. The molecule has 0 N–H and O–H groups in total. The van der Waals surface area contributed by atoms with Crippen molar-refractivity contribution >= 4 is 70.6 Å². The zero-order valence-electron chi connectivity index (χ0n) is 68.9. The number of pyridine rings is 4. The van der Waals surface area contributed by atoms with E-state index in [9.17, 15) is 0 Å². The summed E-state index contributed by atoms with van der Waals surface area (Å²) in [4.78, 5) is 0. The van der Waals surface area contributed by atoms with E-state index in [1.165, 1.54) is 95.1 Å². The zero-order chi connectivity index (χ0) is 73.9. The predicted octanol–water partition coefficient (Wildman–Crippen LogP) is 20.7. The Hall–Kier alpha value is -4.35. The summed E-state index contributed by atoms with van der Waals surface area (Å²) < 4.78 is 15.9. The van der Waals surface area contributed by atoms with Crippen molar-refractivity contribution in [3.63, 3.8) is 0 Å². The van der Waals surface area contributed by atoms with Gasteiger partial charge >= 0.3 is 612 Å². The second-order valence-corrected chi connectivity index (χ2v) is 79.1. The fraction of sp³-hybridized carbons (Fsp3) is 0.506. The van der Waals surface area contributed by atoms with Crippen molar-refractivity contribution in [3.8, 4) is 45.0 Å². The number of nitrogens with zero attached hydrogens (tertiary/aromatic N) is 4. The van der Waals surface area contributed by atoms with Crippen LogP contribution in [0.2, 0.25) is 69.1 Å². The molecule has 4 heterocycles. The van der Waals surface area contributed by atoms with Gasteiger partial charge in [0.25, 0.3) is 0 Å². The third-order valence-electron chi connectivity index (χ3n) is 19.5. The first-order valence-corrected chi connectivity index (χ1v) is 66.2. The van der Waals surface area contributed by atoms with E-state index in [-0.39, 0.29) is 10.8 Å². The van der Waals surface area contributed by atoms with Gasteiger partial charge in [-0.3, -0.25) is 0 Å². The van der Waals surface area contributed by atoms with Crippen molar-refractivity contribution in [1.29, 1.82) is 0 Å². The summed E-state index contributed by atoms with van der Waals surface area (Å²) in [6.07, 6.45) is 10.8. The summed E-state index contributed by atoms with van der Waals surface area (Å²) in [6.45, 7) is 48.0. The van der Waals surface area contributed by atoms with Crippen LogP contribution in [0.15, 0.2) is 122 Å². The zero-order valence-corrected chi connectivity index (χ0v) is 77.3. The molecule has 526 valence electrons. The van der Waals surface area contributed by atoms with Gasteiger partial charge in [0.15, 0.2) is 0 Å². The molecule has 0 aliphatic rings. The van der Waals surface area contributed by atoms with Crippen molar-refractivity contribution in [2.45, 2.75) is 255 Å². The van der Waals surface area contributed by atoms with Crippen molar-refractivity contribution in [2.75, 3.05) is 0 Å². The van der Waals surface area contributed by atoms with E-state index in [0.29, 0.717) is 29.6 Å². The van der Waals surface area contributed by atoms with Crippen LogP contribution in [-0.4, -0.2) is 53.1 Å². The second kappa shape index (κ2) is 32.7. The standard InChI is InChI=1S/2C23H36GeN.C22H34GeN.C21H32GeN/c1-16(2)20-14-22(25(10)15-21(20)24(7,8)9)19-12-11-18(13-17(19)3)23(4,5)6;1-16(2)12-19-10-11-20(18(5)13-19)23-14-21(17(3)4)22(15-25(23)9)24(6,7)8;1-15(2)18-10-11-19(17(5)12-18)22-13-20(16(3)4)21(14-24(22)9)23(6,7)8;1-15-10-11-16(2)17(12-15)20-13-18(21(3,4)5)19(14-23(20)9)22(6,7)8/h11-16H,1-10H3;10-11,13-17H,12H2,1-9H3;10-16H,1-9H3;10-14H,1-9H3/q4*+1. The normalized spacial score (nSPS) is 12.5. The van der Waals surface area contributed by atoms with E-state index < -0.39 is 53.1 Å². The van der Waals surface area contributed by atoms with Crippen molar-refractivity contribution in [3.05, 3.63) is 189 Å². The van der Waals surface area contributed by atoms with E-state index >= 15 is 0 Å². The minimum absolute atomic E-state index is 0.175. The number of aromatic nitrogens is 4. The molecule has 4 aromatic carbocycles. The molecule has 0 atom stereocenters. The number of rotatable bonds is 14. The average Bonchev–Trinajstić information content (AvgIpc) is 0.788. The average molecular weight is 1550 g/mol. The van der Waals surface area contributed by atoms with Gasteiger partial charge in [0, 0.05) is 0 Å². The van der Waals surface area contributed by atoms with E-state index in [1.54, 1.807) is 34.3 Å². The third-order valence-corrected chi connectivity index (χ3v) is 36.6. The summed E-state index contributed by atoms with van der Waals surface area (Å²) in [7, 11) is 8.81. The van der Waals surface area contributed by atoms with Crippen LogP contribution in [0, 0.1) is 40.5 Å². The Morgan fingerprint density at radius 3 is 1.00 bits per heavy atom. The van der Waals surface area contributed by atoms with Crippen molar-refractivity contribution < 1.29 is 18.3 Å². The summed E-state index contributed by atoms with van der Waals surface area (Å²) in [5.74, 6) is 32.9. The van der Waals surface area contributed by atoms with Crippen LogP contribution in [0.3, 0.4) is 0 Å². The van der Waals surface area contributed by atoms with Crippen LogP contribution in [-0.2, 0) is 45.4 Å². The van der Waals surface area contributed by atoms with Gasteiger partial charge in [0.2, 0.25) is 0 Å². The molecule has 0 fully saturated rings. The molecule has 0 aliphatic heterocycles. The first kappa shape index (κ1) is 83.3. The van der Waals surface area contributed by atoms with Crippen LogP contribution >= 0.6 is 0 Å². The Morgan fingerprint density at radius 1 is 0.330 bits per heavy atom. The maximum atomic E-state index is 2.49. The molecule has 0 saturated heterocycles. The Labute approximate surface area is 606 Å². The van der Waals surface area contributed by atoms with Crippen molar-refractivity contribution in [2.24, 2.45) is 34.1 Å². The Bertz CT molecular complexity index is 4040. The van der Waals surface area contributed by atoms with Crippen LogP contribution in [0.4, 0.5) is 0 Å². The van der Waals surface area contributed by atoms with Gasteiger partial charge in [-0.05, 0) is 0 Å². The molecule has 0 bridgehead atoms. The molecule has 0 saturated carbocycles. The van der Waals surface area contributed by atoms with Crippen molar-refractivity contribution in [1.82, 2.24) is 0 Å². The van der Waals surface area contributed by atoms with E-state index in [1.807, 2.05) is 0 Å². The SMILES string of the molecule is Cc1cc(C(C)(C)C)ccc1-c1cc(C(C)C)[c]([Ge]([CH3])([CH3])[CH3])c[n+]1C.Cc1cc(C(C)C)ccc1-c1cc(C(C)C)[c]([Ge]([CH3])([CH3])[CH3])c[n+]1C.Cc1cc(CC(C)C)ccc1-c1cc(C(C)C)[c]([Ge]([CH3])([CH3])[CH3])c[n+]1C.Cc1ccc(C)c(-c2cc(C(C)(C)C)[c]([Ge]([CH3])([CH3])[CH3])c[n+]2C)c1. The number of aryl methyl sites for hydroxylation is 9. The molecule has 8 aromatic rings. The molecule has 4 aromatic heterocycles. The fourth-order valence-corrected chi connectivity index (χ4v) is 28.9. The van der Waals surface area contributed by atoms with Gasteiger partial charge in [-0.15, -0.1) is 0 Å². The van der Waals surface area contributed by atoms with E-state index in [0.717, 1.165) is 6.42 Å². The first-order chi connectivity index (χ1) is 44.2. The quantitative estimate of drug-likeness (QED) is 0.0762. The molecule has 0 radical (unpaired) electrons. The topological polar surface area (TPSA) is 15.5 Å². The van der Waals surface area contributed by atoms with Crippen LogP contribution in [0.25, 0.3) is 45.0 Å². The van der Waals surface area contributed by atoms with Gasteiger partial charge in [-0.2, -0.15) is 0 Å². The van der Waals surface area contributed by atoms with Crippen LogP contribution in [0.1, 0.15) is 201 Å².